The Morgan fingerprint density at radius 2 is 2.53 bits per heavy atom. The molecule has 0 saturated heterocycles. The van der Waals surface area contributed by atoms with Gasteiger partial charge >= 0.3 is 0 Å². The van der Waals surface area contributed by atoms with Crippen molar-refractivity contribution in [2.24, 2.45) is 10.7 Å². The molecule has 4 heteroatoms. The number of thiophene rings is 1. The molecule has 0 aromatic carbocycles. The standard InChI is InChI=1S/C11H17N3S/c1-2-9(10-4-3-7-15-10)14-11(12)13-8-5-6-8/h3-4,7-9H,2,5-6H2,1H3,(H3,12,13,14). The zero-order valence-electron chi connectivity index (χ0n) is 8.94. The van der Waals surface area contributed by atoms with E-state index in [1.54, 1.807) is 11.3 Å². The maximum Gasteiger partial charge on any atom is 0.189 e. The van der Waals surface area contributed by atoms with Gasteiger partial charge < -0.3 is 11.1 Å². The number of hydrogen-bond acceptors (Lipinski definition) is 2. The number of nitrogens with zero attached hydrogens (tertiary/aromatic N) is 1. The van der Waals surface area contributed by atoms with Gasteiger partial charge in [0.15, 0.2) is 5.96 Å². The van der Waals surface area contributed by atoms with Gasteiger partial charge in [0.2, 0.25) is 0 Å². The quantitative estimate of drug-likeness (QED) is 0.607. The Hall–Kier alpha value is -1.03. The van der Waals surface area contributed by atoms with Gasteiger partial charge in [-0.25, -0.2) is 0 Å². The van der Waals surface area contributed by atoms with Crippen LogP contribution in [0.25, 0.3) is 0 Å². The predicted octanol–water partition coefficient (Wildman–Crippen LogP) is 2.27. The van der Waals surface area contributed by atoms with E-state index in [1.807, 2.05) is 0 Å². The van der Waals surface area contributed by atoms with Gasteiger partial charge in [-0.2, -0.15) is 0 Å². The minimum Gasteiger partial charge on any atom is -0.370 e. The fraction of sp³-hybridized carbons (Fsp3) is 0.545. The van der Waals surface area contributed by atoms with Crippen LogP contribution < -0.4 is 11.1 Å². The molecule has 1 aromatic rings. The van der Waals surface area contributed by atoms with Gasteiger partial charge in [-0.05, 0) is 30.7 Å². The van der Waals surface area contributed by atoms with Crippen LogP contribution in [-0.4, -0.2) is 12.0 Å². The molecule has 1 heterocycles. The monoisotopic (exact) mass is 223 g/mol. The molecule has 3 nitrogen and oxygen atoms in total. The Kier molecular flexibility index (Phi) is 3.26. The summed E-state index contributed by atoms with van der Waals surface area (Å²) in [5.74, 6) is 0.595. The Balaban J connectivity index is 1.95. The summed E-state index contributed by atoms with van der Waals surface area (Å²) in [5.41, 5.74) is 5.84. The molecule has 1 atom stereocenters. The van der Waals surface area contributed by atoms with Crippen molar-refractivity contribution in [3.63, 3.8) is 0 Å². The summed E-state index contributed by atoms with van der Waals surface area (Å²) in [7, 11) is 0. The number of aliphatic imine (C=N–C) groups is 1. The lowest BCUT2D eigenvalue weighted by Gasteiger charge is -2.15. The van der Waals surface area contributed by atoms with Crippen molar-refractivity contribution in [2.75, 3.05) is 0 Å². The minimum absolute atomic E-state index is 0.312. The van der Waals surface area contributed by atoms with Crippen molar-refractivity contribution >= 4 is 17.3 Å². The average Bonchev–Trinajstić information content (AvgIpc) is 2.86. The maximum atomic E-state index is 5.84. The molecule has 3 N–H and O–H groups in total. The fourth-order valence-corrected chi connectivity index (χ4v) is 2.34. The Labute approximate surface area is 94.4 Å². The lowest BCUT2D eigenvalue weighted by molar-refractivity contribution is 0.631. The highest BCUT2D eigenvalue weighted by atomic mass is 32.1. The molecule has 82 valence electrons. The lowest BCUT2D eigenvalue weighted by Crippen LogP contribution is -2.34. The van der Waals surface area contributed by atoms with E-state index in [0.717, 1.165) is 6.42 Å². The minimum atomic E-state index is 0.312. The zero-order chi connectivity index (χ0) is 10.7. The molecule has 2 rings (SSSR count). The van der Waals surface area contributed by atoms with E-state index >= 15 is 0 Å². The fourth-order valence-electron chi connectivity index (χ4n) is 1.48. The van der Waals surface area contributed by atoms with Crippen molar-refractivity contribution in [1.82, 2.24) is 5.32 Å². The van der Waals surface area contributed by atoms with Crippen LogP contribution in [-0.2, 0) is 0 Å². The first-order chi connectivity index (χ1) is 7.29. The topological polar surface area (TPSA) is 50.4 Å². The summed E-state index contributed by atoms with van der Waals surface area (Å²) in [6, 6.07) is 5.00. The molecule has 0 bridgehead atoms. The normalized spacial score (nSPS) is 18.9. The molecule has 1 aliphatic rings. The molecular weight excluding hydrogens is 206 g/mol. The van der Waals surface area contributed by atoms with E-state index in [-0.39, 0.29) is 0 Å². The number of nitrogens with two attached hydrogens (primary N) is 1. The Morgan fingerprint density at radius 3 is 3.07 bits per heavy atom. The second-order valence-electron chi connectivity index (χ2n) is 3.87. The van der Waals surface area contributed by atoms with Crippen molar-refractivity contribution < 1.29 is 0 Å². The zero-order valence-corrected chi connectivity index (χ0v) is 9.76. The first-order valence-corrected chi connectivity index (χ1v) is 6.30. The van der Waals surface area contributed by atoms with Gasteiger partial charge in [-0.15, -0.1) is 11.3 Å². The van der Waals surface area contributed by atoms with Gasteiger partial charge in [0, 0.05) is 4.88 Å². The first kappa shape index (κ1) is 10.5. The second kappa shape index (κ2) is 4.66. The summed E-state index contributed by atoms with van der Waals surface area (Å²) in [5, 5.41) is 5.37. The molecule has 15 heavy (non-hydrogen) atoms. The first-order valence-electron chi connectivity index (χ1n) is 5.42. The molecule has 0 radical (unpaired) electrons. The molecule has 1 unspecified atom stereocenters. The number of guanidine groups is 1. The summed E-state index contributed by atoms with van der Waals surface area (Å²) in [4.78, 5) is 5.70. The molecular formula is C11H17N3S. The van der Waals surface area contributed by atoms with Crippen LogP contribution in [0, 0.1) is 0 Å². The van der Waals surface area contributed by atoms with Gasteiger partial charge in [-0.3, -0.25) is 4.99 Å². The van der Waals surface area contributed by atoms with E-state index in [0.29, 0.717) is 18.0 Å². The van der Waals surface area contributed by atoms with Crippen molar-refractivity contribution in [3.05, 3.63) is 22.4 Å². The van der Waals surface area contributed by atoms with E-state index < -0.39 is 0 Å². The van der Waals surface area contributed by atoms with Crippen molar-refractivity contribution in [3.8, 4) is 0 Å². The highest BCUT2D eigenvalue weighted by Gasteiger charge is 2.21. The van der Waals surface area contributed by atoms with Crippen LogP contribution in [0.3, 0.4) is 0 Å². The molecule has 1 aliphatic carbocycles. The van der Waals surface area contributed by atoms with Crippen molar-refractivity contribution in [2.45, 2.75) is 38.3 Å². The van der Waals surface area contributed by atoms with Crippen LogP contribution in [0.4, 0.5) is 0 Å². The van der Waals surface area contributed by atoms with Crippen LogP contribution in [0.15, 0.2) is 22.5 Å². The SMILES string of the molecule is CCC(NC(N)=NC1CC1)c1cccs1. The van der Waals surface area contributed by atoms with E-state index in [1.165, 1.54) is 17.7 Å². The number of nitrogens with one attached hydrogen (secondary N) is 1. The lowest BCUT2D eigenvalue weighted by atomic mass is 10.2. The predicted molar refractivity (Wildman–Crippen MR) is 65.1 cm³/mol. The van der Waals surface area contributed by atoms with Crippen molar-refractivity contribution in [1.29, 1.82) is 0 Å². The van der Waals surface area contributed by atoms with Gasteiger partial charge in [0.05, 0.1) is 12.1 Å². The van der Waals surface area contributed by atoms with Crippen LogP contribution in [0.1, 0.15) is 37.1 Å². The molecule has 0 amide bonds. The Morgan fingerprint density at radius 1 is 1.73 bits per heavy atom. The summed E-state index contributed by atoms with van der Waals surface area (Å²) >= 11 is 1.76. The third kappa shape index (κ3) is 2.96. The highest BCUT2D eigenvalue weighted by molar-refractivity contribution is 7.10. The summed E-state index contributed by atoms with van der Waals surface area (Å²) < 4.78 is 0. The van der Waals surface area contributed by atoms with Gasteiger partial charge in [0.25, 0.3) is 0 Å². The second-order valence-corrected chi connectivity index (χ2v) is 4.85. The molecule has 1 aromatic heterocycles. The van der Waals surface area contributed by atoms with Gasteiger partial charge in [0.1, 0.15) is 0 Å². The van der Waals surface area contributed by atoms with Crippen LogP contribution >= 0.6 is 11.3 Å². The third-order valence-electron chi connectivity index (χ3n) is 2.49. The summed E-state index contributed by atoms with van der Waals surface area (Å²) in [6.45, 7) is 2.15. The third-order valence-corrected chi connectivity index (χ3v) is 3.47. The van der Waals surface area contributed by atoms with E-state index in [9.17, 15) is 0 Å². The molecule has 1 fully saturated rings. The maximum absolute atomic E-state index is 5.84. The largest absolute Gasteiger partial charge is 0.370 e. The highest BCUT2D eigenvalue weighted by Crippen LogP contribution is 2.24. The molecule has 1 saturated carbocycles. The van der Waals surface area contributed by atoms with Crippen LogP contribution in [0.5, 0.6) is 0 Å². The summed E-state index contributed by atoms with van der Waals surface area (Å²) in [6.07, 6.45) is 3.41. The molecule has 0 aliphatic heterocycles. The number of rotatable bonds is 4. The van der Waals surface area contributed by atoms with Gasteiger partial charge in [-0.1, -0.05) is 13.0 Å². The van der Waals surface area contributed by atoms with Crippen LogP contribution in [0.2, 0.25) is 0 Å². The van der Waals surface area contributed by atoms with E-state index in [2.05, 4.69) is 34.7 Å². The average molecular weight is 223 g/mol. The van der Waals surface area contributed by atoms with E-state index in [4.69, 9.17) is 5.73 Å². The molecule has 0 spiro atoms. The smallest absolute Gasteiger partial charge is 0.189 e. The Bertz CT molecular complexity index is 328. The number of hydrogen-bond donors (Lipinski definition) is 2.